The fourth-order valence-electron chi connectivity index (χ4n) is 5.25. The van der Waals surface area contributed by atoms with Gasteiger partial charge in [0.05, 0.1) is 30.0 Å². The lowest BCUT2D eigenvalue weighted by Crippen LogP contribution is -2.27. The summed E-state index contributed by atoms with van der Waals surface area (Å²) in [6.07, 6.45) is 4.73. The van der Waals surface area contributed by atoms with Crippen molar-refractivity contribution in [2.24, 2.45) is 4.99 Å². The molecule has 0 aliphatic carbocycles. The number of rotatable bonds is 9. The molecule has 356 valence electrons. The maximum absolute atomic E-state index is 11.9. The van der Waals surface area contributed by atoms with Gasteiger partial charge in [0.15, 0.2) is 22.2 Å². The fraction of sp³-hybridized carbons (Fsp3) is 0.405. The highest BCUT2D eigenvalue weighted by atomic mass is 79.9. The van der Waals surface area contributed by atoms with Gasteiger partial charge in [-0.25, -0.2) is 0 Å². The van der Waals surface area contributed by atoms with Gasteiger partial charge in [-0.3, -0.25) is 62.9 Å². The number of pyridine rings is 3. The molecule has 0 saturated heterocycles. The van der Waals surface area contributed by atoms with Crippen LogP contribution in [-0.4, -0.2) is 114 Å². The lowest BCUT2D eigenvalue weighted by molar-refractivity contribution is -0.169. The van der Waals surface area contributed by atoms with Crippen LogP contribution in [0.4, 0.5) is 13.2 Å². The van der Waals surface area contributed by atoms with Gasteiger partial charge in [0.25, 0.3) is 5.78 Å². The molecule has 5 aromatic rings. The third kappa shape index (κ3) is 18.1. The number of ketones is 4. The van der Waals surface area contributed by atoms with Gasteiger partial charge in [-0.1, -0.05) is 39.1 Å². The van der Waals surface area contributed by atoms with Crippen LogP contribution in [0.15, 0.2) is 60.4 Å². The molecule has 0 atom stereocenters. The van der Waals surface area contributed by atoms with Crippen LogP contribution < -0.4 is 0 Å². The summed E-state index contributed by atoms with van der Waals surface area (Å²) in [7, 11) is 0. The first-order valence-corrected chi connectivity index (χ1v) is 21.2. The first kappa shape index (κ1) is 56.1. The second kappa shape index (κ2) is 24.5. The standard InChI is InChI=1S/C14H17N3O3.C10H9N3O3.C9H8N2O.C6H11BrO2.C3HCl2F3O/c1-9(18)13-10-5-6-15-7-11(10)17(16-13)8-12(19)20-14(2,3)4;1-6(14)10-7-2-3-11-4-8(7)13(12-10)5-9(15)16;1-6(12)9-8-2-3-10-4-7(8)5-11-9;1-6(2,3)9-5(8)4-7;4-2(5)1(9)3(6,7)8/h5-7H,8H2,1-4H3;2-4H,5H2,1H3,(H,15,16);2-4H,5H2,1H3;4H2,1-3H3;2H. The Balaban J connectivity index is 0.000000294. The molecular weight excluding hydrogens is 984 g/mol. The zero-order valence-electron chi connectivity index (χ0n) is 37.1. The van der Waals surface area contributed by atoms with Gasteiger partial charge in [0.1, 0.15) is 46.7 Å². The molecule has 24 heteroatoms. The minimum atomic E-state index is -4.92. The van der Waals surface area contributed by atoms with Crippen LogP contribution in [-0.2, 0) is 53.1 Å². The normalized spacial score (nSPS) is 11.8. The number of esters is 2. The third-order valence-electron chi connectivity index (χ3n) is 7.67. The van der Waals surface area contributed by atoms with Gasteiger partial charge in [-0.2, -0.15) is 23.4 Å². The predicted octanol–water partition coefficient (Wildman–Crippen LogP) is 7.31. The van der Waals surface area contributed by atoms with E-state index in [1.807, 2.05) is 26.8 Å². The Hall–Kier alpha value is -6.00. The van der Waals surface area contributed by atoms with E-state index in [9.17, 15) is 46.7 Å². The van der Waals surface area contributed by atoms with Gasteiger partial charge in [0.2, 0.25) is 0 Å². The third-order valence-corrected chi connectivity index (χ3v) is 8.52. The highest BCUT2D eigenvalue weighted by molar-refractivity contribution is 9.09. The largest absolute Gasteiger partial charge is 0.480 e. The Morgan fingerprint density at radius 2 is 1.15 bits per heavy atom. The maximum Gasteiger partial charge on any atom is 0.452 e. The molecule has 0 bridgehead atoms. The number of aliphatic carboxylic acids is 1. The van der Waals surface area contributed by atoms with Gasteiger partial charge < -0.3 is 14.6 Å². The Labute approximate surface area is 394 Å². The minimum Gasteiger partial charge on any atom is -0.480 e. The summed E-state index contributed by atoms with van der Waals surface area (Å²) in [5.41, 5.74) is 3.47. The van der Waals surface area contributed by atoms with Gasteiger partial charge in [-0.05, 0) is 59.7 Å². The summed E-state index contributed by atoms with van der Waals surface area (Å²) < 4.78 is 46.4. The van der Waals surface area contributed by atoms with Crippen LogP contribution in [0.2, 0.25) is 0 Å². The molecule has 0 saturated carbocycles. The lowest BCUT2D eigenvalue weighted by atomic mass is 10.1. The zero-order valence-corrected chi connectivity index (χ0v) is 40.2. The number of carbonyl (C=O) groups is 7. The Morgan fingerprint density at radius 1 is 0.712 bits per heavy atom. The number of ether oxygens (including phenoxy) is 2. The van der Waals surface area contributed by atoms with E-state index in [4.69, 9.17) is 14.6 Å². The number of carbonyl (C=O) groups excluding carboxylic acids is 6. The maximum atomic E-state index is 11.9. The van der Waals surface area contributed by atoms with Crippen LogP contribution in [0.1, 0.15) is 94.4 Å². The van der Waals surface area contributed by atoms with Crippen molar-refractivity contribution in [3.8, 4) is 0 Å². The Morgan fingerprint density at radius 3 is 1.52 bits per heavy atom. The summed E-state index contributed by atoms with van der Waals surface area (Å²) in [6, 6.07) is 5.20. The van der Waals surface area contributed by atoms with E-state index in [1.54, 1.807) is 63.9 Å². The number of carboxylic acids is 1. The summed E-state index contributed by atoms with van der Waals surface area (Å²) >= 11 is 12.2. The van der Waals surface area contributed by atoms with Crippen molar-refractivity contribution in [3.05, 3.63) is 77.9 Å². The number of alkyl halides is 6. The second-order valence-corrected chi connectivity index (χ2v) is 17.2. The molecule has 66 heavy (non-hydrogen) atoms. The van der Waals surface area contributed by atoms with E-state index in [2.05, 4.69) is 69.3 Å². The molecule has 0 spiro atoms. The number of halogens is 6. The van der Waals surface area contributed by atoms with E-state index in [0.717, 1.165) is 11.1 Å². The van der Waals surface area contributed by atoms with Gasteiger partial charge in [-0.15, -0.1) is 0 Å². The lowest BCUT2D eigenvalue weighted by Gasteiger charge is -2.19. The van der Waals surface area contributed by atoms with Crippen molar-refractivity contribution >= 4 is 108 Å². The number of aliphatic imine (C=N–C) groups is 1. The monoisotopic (exact) mass is 1030 g/mol. The van der Waals surface area contributed by atoms with E-state index in [1.165, 1.54) is 36.3 Å². The van der Waals surface area contributed by atoms with Crippen molar-refractivity contribution in [1.82, 2.24) is 34.5 Å². The van der Waals surface area contributed by atoms with Crippen molar-refractivity contribution < 1.29 is 61.3 Å². The number of fused-ring (bicyclic) bond motifs is 3. The predicted molar refractivity (Wildman–Crippen MR) is 240 cm³/mol. The Kier molecular flexibility index (Phi) is 20.8. The van der Waals surface area contributed by atoms with Crippen LogP contribution in [0.5, 0.6) is 0 Å². The first-order chi connectivity index (χ1) is 30.5. The van der Waals surface area contributed by atoms with E-state index in [-0.39, 0.29) is 53.0 Å². The molecule has 18 nitrogen and oxygen atoms in total. The van der Waals surface area contributed by atoms with Crippen LogP contribution in [0.3, 0.4) is 0 Å². The molecule has 0 radical (unpaired) electrons. The fourth-order valence-corrected chi connectivity index (χ4v) is 5.62. The molecule has 6 heterocycles. The summed E-state index contributed by atoms with van der Waals surface area (Å²) in [5, 5.41) is 18.5. The molecule has 0 unspecified atom stereocenters. The molecule has 5 aromatic heterocycles. The number of aromatic nitrogens is 7. The van der Waals surface area contributed by atoms with Crippen molar-refractivity contribution in [2.45, 2.75) is 104 Å². The highest BCUT2D eigenvalue weighted by Gasteiger charge is 2.42. The van der Waals surface area contributed by atoms with E-state index >= 15 is 0 Å². The minimum absolute atomic E-state index is 0.0277. The summed E-state index contributed by atoms with van der Waals surface area (Å²) in [6.45, 7) is 15.6. The summed E-state index contributed by atoms with van der Waals surface area (Å²) in [5.74, 6) is -4.08. The smallest absolute Gasteiger partial charge is 0.452 e. The number of hydrogen-bond donors (Lipinski definition) is 1. The first-order valence-electron chi connectivity index (χ1n) is 19.2. The number of nitrogens with zero attached hydrogens (tertiary/aromatic N) is 8. The molecular formula is C42H46BrCl2F3N8O10. The van der Waals surface area contributed by atoms with Crippen LogP contribution >= 0.6 is 39.1 Å². The molecule has 0 fully saturated rings. The Bertz CT molecular complexity index is 2600. The quantitative estimate of drug-likeness (QED) is 0.0864. The van der Waals surface area contributed by atoms with Crippen LogP contribution in [0, 0.1) is 0 Å². The van der Waals surface area contributed by atoms with Crippen molar-refractivity contribution in [2.75, 3.05) is 5.33 Å². The molecule has 0 amide bonds. The van der Waals surface area contributed by atoms with Crippen LogP contribution in [0.25, 0.3) is 21.8 Å². The SMILES string of the molecule is CC(=O)C1=NCc2cnccc21.CC(=O)c1nn(CC(=O)O)c2cnccc12.CC(=O)c1nn(CC(=O)OC(C)(C)C)c2cnccc12.CC(C)(C)OC(=O)CBr.O=C(C(Cl)Cl)C(F)(F)F. The van der Waals surface area contributed by atoms with Gasteiger partial charge in [0, 0.05) is 67.5 Å². The highest BCUT2D eigenvalue weighted by Crippen LogP contribution is 2.23. The second-order valence-electron chi connectivity index (χ2n) is 15.5. The number of Topliss-reactive ketones (excluding diaryl/α,β-unsaturated/α-hetero) is 4. The number of hydrogen-bond acceptors (Lipinski definition) is 15. The molecule has 0 aromatic carbocycles. The molecule has 1 N–H and O–H groups in total. The molecule has 1 aliphatic heterocycles. The average molecular weight is 1030 g/mol. The van der Waals surface area contributed by atoms with Crippen molar-refractivity contribution in [3.63, 3.8) is 0 Å². The topological polar surface area (TPSA) is 245 Å². The van der Waals surface area contributed by atoms with Crippen molar-refractivity contribution in [1.29, 1.82) is 0 Å². The van der Waals surface area contributed by atoms with E-state index < -0.39 is 34.3 Å². The average Bonchev–Trinajstić information content (AvgIpc) is 3.91. The number of carboxylic acid groups (broad SMARTS) is 1. The molecule has 1 aliphatic rings. The van der Waals surface area contributed by atoms with E-state index in [0.29, 0.717) is 39.8 Å². The molecule has 6 rings (SSSR count). The zero-order chi connectivity index (χ0) is 50.3. The van der Waals surface area contributed by atoms with Gasteiger partial charge >= 0.3 is 24.1 Å². The summed E-state index contributed by atoms with van der Waals surface area (Å²) in [4.78, 5) is 90.7.